The average Bonchev–Trinajstić information content (AvgIpc) is 2.49. The highest BCUT2D eigenvalue weighted by Gasteiger charge is 2.44. The first-order chi connectivity index (χ1) is 6.13. The van der Waals surface area contributed by atoms with E-state index in [0.29, 0.717) is 12.8 Å². The van der Waals surface area contributed by atoms with Crippen molar-refractivity contribution in [2.45, 2.75) is 38.5 Å². The molecule has 13 heavy (non-hydrogen) atoms. The van der Waals surface area contributed by atoms with E-state index >= 15 is 0 Å². The van der Waals surface area contributed by atoms with Gasteiger partial charge >= 0.3 is 0 Å². The Morgan fingerprint density at radius 1 is 1.08 bits per heavy atom. The summed E-state index contributed by atoms with van der Waals surface area (Å²) >= 11 is 1.81. The van der Waals surface area contributed by atoms with Gasteiger partial charge in [0.1, 0.15) is 0 Å². The minimum atomic E-state index is -0.00116. The van der Waals surface area contributed by atoms with E-state index in [9.17, 15) is 9.59 Å². The summed E-state index contributed by atoms with van der Waals surface area (Å²) in [5.41, 5.74) is 0.0514. The highest BCUT2D eigenvalue weighted by Crippen LogP contribution is 2.47. The number of imide groups is 1. The molecule has 0 unspecified atom stereocenters. The van der Waals surface area contributed by atoms with Crippen molar-refractivity contribution in [1.29, 1.82) is 0 Å². The first-order valence-corrected chi connectivity index (χ1v) is 5.61. The van der Waals surface area contributed by atoms with Crippen molar-refractivity contribution >= 4 is 34.7 Å². The molecule has 0 radical (unpaired) electrons. The highest BCUT2D eigenvalue weighted by atomic mass is 127. The molecule has 1 heterocycles. The van der Waals surface area contributed by atoms with Gasteiger partial charge in [0, 0.05) is 12.8 Å². The van der Waals surface area contributed by atoms with Gasteiger partial charge in [-0.1, -0.05) is 12.8 Å². The second kappa shape index (κ2) is 3.22. The molecule has 3 nitrogen and oxygen atoms in total. The van der Waals surface area contributed by atoms with Crippen LogP contribution >= 0.6 is 22.9 Å². The lowest BCUT2D eigenvalue weighted by Gasteiger charge is -2.34. The number of amides is 2. The molecule has 1 saturated carbocycles. The molecular weight excluding hydrogens is 281 g/mol. The Labute approximate surface area is 91.3 Å². The summed E-state index contributed by atoms with van der Waals surface area (Å²) < 4.78 is 1.25. The van der Waals surface area contributed by atoms with Gasteiger partial charge in [-0.05, 0) is 18.3 Å². The molecule has 1 saturated heterocycles. The number of nitrogens with zero attached hydrogens (tertiary/aromatic N) is 1. The van der Waals surface area contributed by atoms with Crippen LogP contribution < -0.4 is 0 Å². The smallest absolute Gasteiger partial charge is 0.238 e. The standard InChI is InChI=1S/C9H12INO2/c10-11-7(12)5-9(6-8(11)13)3-1-2-4-9/h1-6H2. The number of hydrogen-bond acceptors (Lipinski definition) is 2. The lowest BCUT2D eigenvalue weighted by molar-refractivity contribution is -0.144. The summed E-state index contributed by atoms with van der Waals surface area (Å²) in [5.74, 6) is -0.00231. The fourth-order valence-electron chi connectivity index (χ4n) is 2.46. The molecule has 2 amide bonds. The van der Waals surface area contributed by atoms with Crippen LogP contribution in [0.15, 0.2) is 0 Å². The van der Waals surface area contributed by atoms with E-state index in [1.165, 1.54) is 16.0 Å². The third-order valence-electron chi connectivity index (χ3n) is 3.15. The predicted octanol–water partition coefficient (Wildman–Crippen LogP) is 2.05. The summed E-state index contributed by atoms with van der Waals surface area (Å²) in [6.45, 7) is 0. The molecule has 72 valence electrons. The molecular formula is C9H12INO2. The van der Waals surface area contributed by atoms with Gasteiger partial charge in [0.2, 0.25) is 11.8 Å². The van der Waals surface area contributed by atoms with E-state index in [4.69, 9.17) is 0 Å². The van der Waals surface area contributed by atoms with Crippen molar-refractivity contribution in [3.8, 4) is 0 Å². The SMILES string of the molecule is O=C1CC2(CCCC2)CC(=O)N1I. The zero-order chi connectivity index (χ0) is 9.47. The molecule has 1 aliphatic carbocycles. The monoisotopic (exact) mass is 293 g/mol. The van der Waals surface area contributed by atoms with E-state index in [-0.39, 0.29) is 17.2 Å². The summed E-state index contributed by atoms with van der Waals surface area (Å²) in [5, 5.41) is 0. The van der Waals surface area contributed by atoms with Crippen molar-refractivity contribution in [3.05, 3.63) is 0 Å². The molecule has 0 atom stereocenters. The molecule has 1 aliphatic heterocycles. The van der Waals surface area contributed by atoms with E-state index in [1.54, 1.807) is 0 Å². The maximum absolute atomic E-state index is 11.5. The Kier molecular flexibility index (Phi) is 2.33. The molecule has 2 aliphatic rings. The average molecular weight is 293 g/mol. The third kappa shape index (κ3) is 1.60. The second-order valence-corrected chi connectivity index (χ2v) is 5.09. The number of carbonyl (C=O) groups excluding carboxylic acids is 2. The van der Waals surface area contributed by atoms with Crippen molar-refractivity contribution < 1.29 is 9.59 Å². The lowest BCUT2D eigenvalue weighted by Crippen LogP contribution is -2.41. The van der Waals surface area contributed by atoms with Crippen LogP contribution in [0.25, 0.3) is 0 Å². The Morgan fingerprint density at radius 2 is 1.54 bits per heavy atom. The van der Waals surface area contributed by atoms with Crippen LogP contribution in [0.4, 0.5) is 0 Å². The van der Waals surface area contributed by atoms with Crippen molar-refractivity contribution in [3.63, 3.8) is 0 Å². The normalized spacial score (nSPS) is 27.3. The van der Waals surface area contributed by atoms with Crippen molar-refractivity contribution in [1.82, 2.24) is 3.11 Å². The van der Waals surface area contributed by atoms with Gasteiger partial charge in [0.25, 0.3) is 0 Å². The first kappa shape index (κ1) is 9.43. The molecule has 0 aromatic heterocycles. The summed E-state index contributed by atoms with van der Waals surface area (Å²) in [4.78, 5) is 22.9. The number of piperidine rings is 1. The Balaban J connectivity index is 2.17. The number of rotatable bonds is 0. The van der Waals surface area contributed by atoms with Gasteiger partial charge < -0.3 is 0 Å². The number of halogens is 1. The fraction of sp³-hybridized carbons (Fsp3) is 0.778. The van der Waals surface area contributed by atoms with E-state index in [1.807, 2.05) is 22.9 Å². The lowest BCUT2D eigenvalue weighted by atomic mass is 9.77. The Hall–Kier alpha value is -0.130. The predicted molar refractivity (Wildman–Crippen MR) is 56.0 cm³/mol. The summed E-state index contributed by atoms with van der Waals surface area (Å²) in [6.07, 6.45) is 5.66. The van der Waals surface area contributed by atoms with Gasteiger partial charge in [-0.15, -0.1) is 0 Å². The topological polar surface area (TPSA) is 37.4 Å². The summed E-state index contributed by atoms with van der Waals surface area (Å²) in [7, 11) is 0. The van der Waals surface area contributed by atoms with Crippen LogP contribution in [0.5, 0.6) is 0 Å². The van der Waals surface area contributed by atoms with Crippen LogP contribution in [-0.2, 0) is 9.59 Å². The van der Waals surface area contributed by atoms with Gasteiger partial charge in [-0.3, -0.25) is 9.59 Å². The molecule has 2 rings (SSSR count). The van der Waals surface area contributed by atoms with E-state index in [0.717, 1.165) is 12.8 Å². The maximum atomic E-state index is 11.5. The minimum absolute atomic E-state index is 0.00116. The zero-order valence-electron chi connectivity index (χ0n) is 7.38. The molecule has 0 bridgehead atoms. The second-order valence-electron chi connectivity index (χ2n) is 4.13. The summed E-state index contributed by atoms with van der Waals surface area (Å²) in [6, 6.07) is 0. The Morgan fingerprint density at radius 3 is 2.00 bits per heavy atom. The quantitative estimate of drug-likeness (QED) is 0.389. The number of hydrogen-bond donors (Lipinski definition) is 0. The first-order valence-electron chi connectivity index (χ1n) is 4.65. The zero-order valence-corrected chi connectivity index (χ0v) is 9.54. The van der Waals surface area contributed by atoms with Crippen LogP contribution in [-0.4, -0.2) is 14.9 Å². The maximum Gasteiger partial charge on any atom is 0.238 e. The molecule has 1 spiro atoms. The van der Waals surface area contributed by atoms with Crippen molar-refractivity contribution in [2.75, 3.05) is 0 Å². The fourth-order valence-corrected chi connectivity index (χ4v) is 2.80. The molecule has 0 aromatic carbocycles. The van der Waals surface area contributed by atoms with Gasteiger partial charge in [-0.25, -0.2) is 3.11 Å². The van der Waals surface area contributed by atoms with E-state index in [2.05, 4.69) is 0 Å². The molecule has 0 aromatic rings. The van der Waals surface area contributed by atoms with Gasteiger partial charge in [0.05, 0.1) is 22.9 Å². The van der Waals surface area contributed by atoms with Gasteiger partial charge in [-0.2, -0.15) is 0 Å². The third-order valence-corrected chi connectivity index (χ3v) is 4.23. The molecule has 2 fully saturated rings. The van der Waals surface area contributed by atoms with Gasteiger partial charge in [0.15, 0.2) is 0 Å². The largest absolute Gasteiger partial charge is 0.274 e. The van der Waals surface area contributed by atoms with Crippen molar-refractivity contribution in [2.24, 2.45) is 5.41 Å². The molecule has 0 N–H and O–H groups in total. The van der Waals surface area contributed by atoms with Crippen LogP contribution in [0.2, 0.25) is 0 Å². The van der Waals surface area contributed by atoms with Crippen LogP contribution in [0.1, 0.15) is 38.5 Å². The number of carbonyl (C=O) groups is 2. The van der Waals surface area contributed by atoms with Crippen LogP contribution in [0.3, 0.4) is 0 Å². The Bertz CT molecular complexity index is 238. The minimum Gasteiger partial charge on any atom is -0.274 e. The highest BCUT2D eigenvalue weighted by molar-refractivity contribution is 14.1. The van der Waals surface area contributed by atoms with Crippen LogP contribution in [0, 0.1) is 5.41 Å². The molecule has 4 heteroatoms. The van der Waals surface area contributed by atoms with E-state index < -0.39 is 0 Å².